The van der Waals surface area contributed by atoms with E-state index < -0.39 is 0 Å². The van der Waals surface area contributed by atoms with E-state index in [1.807, 2.05) is 11.8 Å². The van der Waals surface area contributed by atoms with Crippen LogP contribution in [-0.2, 0) is 4.79 Å². The number of carbonyl (C=O) groups excluding carboxylic acids is 1. The number of thioether (sulfide) groups is 1. The molecule has 1 N–H and O–H groups in total. The van der Waals surface area contributed by atoms with E-state index in [1.165, 1.54) is 57.8 Å². The van der Waals surface area contributed by atoms with E-state index in [9.17, 15) is 4.79 Å². The molecule has 2 saturated carbocycles. The Kier molecular flexibility index (Phi) is 6.73. The Balaban J connectivity index is 1.71. The third-order valence-electron chi connectivity index (χ3n) is 5.29. The Labute approximate surface area is 128 Å². The summed E-state index contributed by atoms with van der Waals surface area (Å²) in [6, 6.07) is 0.437. The van der Waals surface area contributed by atoms with Crippen molar-refractivity contribution in [3.8, 4) is 0 Å². The highest BCUT2D eigenvalue weighted by Gasteiger charge is 2.25. The van der Waals surface area contributed by atoms with Crippen molar-refractivity contribution in [2.45, 2.75) is 82.4 Å². The lowest BCUT2D eigenvalue weighted by Gasteiger charge is -2.30. The normalized spacial score (nSPS) is 29.9. The third-order valence-corrected chi connectivity index (χ3v) is 6.38. The third kappa shape index (κ3) is 4.98. The summed E-state index contributed by atoms with van der Waals surface area (Å²) < 4.78 is 0. The van der Waals surface area contributed by atoms with Crippen LogP contribution < -0.4 is 5.32 Å². The lowest BCUT2D eigenvalue weighted by molar-refractivity contribution is -0.123. The fourth-order valence-corrected chi connectivity index (χ4v) is 4.77. The van der Waals surface area contributed by atoms with Crippen LogP contribution in [0.2, 0.25) is 0 Å². The molecule has 0 saturated heterocycles. The maximum atomic E-state index is 12.2. The van der Waals surface area contributed by atoms with Crippen molar-refractivity contribution in [3.05, 3.63) is 0 Å². The van der Waals surface area contributed by atoms with Gasteiger partial charge >= 0.3 is 0 Å². The first-order chi connectivity index (χ1) is 9.69. The molecule has 0 aliphatic heterocycles. The second-order valence-electron chi connectivity index (χ2n) is 6.87. The zero-order chi connectivity index (χ0) is 14.4. The molecule has 0 spiro atoms. The predicted octanol–water partition coefficient (Wildman–Crippen LogP) is 4.38. The predicted molar refractivity (Wildman–Crippen MR) is 88.1 cm³/mol. The lowest BCUT2D eigenvalue weighted by atomic mass is 9.79. The summed E-state index contributed by atoms with van der Waals surface area (Å²) in [6.07, 6.45) is 14.7. The van der Waals surface area contributed by atoms with Gasteiger partial charge in [0.1, 0.15) is 0 Å². The molecule has 2 nitrogen and oxygen atoms in total. The minimum atomic E-state index is 0.301. The number of amides is 1. The first-order valence-corrected chi connectivity index (χ1v) is 9.80. The van der Waals surface area contributed by atoms with Crippen molar-refractivity contribution < 1.29 is 4.79 Å². The molecule has 1 amide bonds. The summed E-state index contributed by atoms with van der Waals surface area (Å²) >= 11 is 1.96. The van der Waals surface area contributed by atoms with Crippen LogP contribution in [0.3, 0.4) is 0 Å². The van der Waals surface area contributed by atoms with E-state index in [0.29, 0.717) is 17.9 Å². The fraction of sp³-hybridized carbons (Fsp3) is 0.941. The first kappa shape index (κ1) is 16.2. The van der Waals surface area contributed by atoms with Gasteiger partial charge in [0.15, 0.2) is 0 Å². The van der Waals surface area contributed by atoms with Gasteiger partial charge in [-0.3, -0.25) is 4.79 Å². The molecule has 3 unspecified atom stereocenters. The number of rotatable bonds is 5. The van der Waals surface area contributed by atoms with Crippen molar-refractivity contribution in [1.29, 1.82) is 0 Å². The van der Waals surface area contributed by atoms with E-state index in [-0.39, 0.29) is 0 Å². The van der Waals surface area contributed by atoms with Gasteiger partial charge in [0, 0.05) is 17.7 Å². The zero-order valence-corrected chi connectivity index (χ0v) is 14.0. The van der Waals surface area contributed by atoms with E-state index in [1.54, 1.807) is 0 Å². The summed E-state index contributed by atoms with van der Waals surface area (Å²) in [4.78, 5) is 12.2. The van der Waals surface area contributed by atoms with Gasteiger partial charge in [-0.2, -0.15) is 11.8 Å². The lowest BCUT2D eigenvalue weighted by Crippen LogP contribution is -2.40. The molecule has 0 aromatic rings. The maximum absolute atomic E-state index is 12.2. The Morgan fingerprint density at radius 3 is 2.60 bits per heavy atom. The van der Waals surface area contributed by atoms with Crippen LogP contribution in [0, 0.1) is 11.8 Å². The molecule has 3 heteroatoms. The van der Waals surface area contributed by atoms with Crippen LogP contribution in [0.4, 0.5) is 0 Å². The van der Waals surface area contributed by atoms with Crippen LogP contribution in [-0.4, -0.2) is 23.5 Å². The van der Waals surface area contributed by atoms with Crippen LogP contribution in [0.1, 0.15) is 71.1 Å². The average Bonchev–Trinajstić information content (AvgIpc) is 2.48. The molecular weight excluding hydrogens is 266 g/mol. The number of hydrogen-bond acceptors (Lipinski definition) is 2. The minimum absolute atomic E-state index is 0.301. The quantitative estimate of drug-likeness (QED) is 0.815. The molecule has 3 atom stereocenters. The van der Waals surface area contributed by atoms with E-state index >= 15 is 0 Å². The number of carbonyl (C=O) groups is 1. The van der Waals surface area contributed by atoms with Crippen LogP contribution in [0.5, 0.6) is 0 Å². The number of hydrogen-bond donors (Lipinski definition) is 1. The van der Waals surface area contributed by atoms with Gasteiger partial charge in [-0.05, 0) is 37.4 Å². The minimum Gasteiger partial charge on any atom is -0.353 e. The molecule has 0 heterocycles. The highest BCUT2D eigenvalue weighted by molar-refractivity contribution is 7.99. The Bertz CT molecular complexity index is 295. The Morgan fingerprint density at radius 2 is 1.90 bits per heavy atom. The van der Waals surface area contributed by atoms with Crippen molar-refractivity contribution in [2.24, 2.45) is 11.8 Å². The smallest absolute Gasteiger partial charge is 0.220 e. The van der Waals surface area contributed by atoms with Gasteiger partial charge in [0.05, 0.1) is 0 Å². The summed E-state index contributed by atoms with van der Waals surface area (Å²) in [5, 5.41) is 4.06. The van der Waals surface area contributed by atoms with Gasteiger partial charge in [-0.25, -0.2) is 0 Å². The van der Waals surface area contributed by atoms with Crippen LogP contribution in [0.25, 0.3) is 0 Å². The van der Waals surface area contributed by atoms with Gasteiger partial charge < -0.3 is 5.32 Å². The van der Waals surface area contributed by atoms with Crippen molar-refractivity contribution in [2.75, 3.05) is 6.26 Å². The summed E-state index contributed by atoms with van der Waals surface area (Å²) in [7, 11) is 0. The maximum Gasteiger partial charge on any atom is 0.220 e. The van der Waals surface area contributed by atoms with Gasteiger partial charge in [-0.15, -0.1) is 0 Å². The SMILES string of the molecule is CSC1CCCC(NC(=O)CC(C)C2CCCCC2)C1. The van der Waals surface area contributed by atoms with E-state index in [4.69, 9.17) is 0 Å². The Morgan fingerprint density at radius 1 is 1.15 bits per heavy atom. The fourth-order valence-electron chi connectivity index (χ4n) is 3.94. The molecule has 20 heavy (non-hydrogen) atoms. The van der Waals surface area contributed by atoms with Crippen molar-refractivity contribution in [3.63, 3.8) is 0 Å². The molecule has 0 aromatic carbocycles. The molecule has 0 radical (unpaired) electrons. The van der Waals surface area contributed by atoms with Crippen molar-refractivity contribution in [1.82, 2.24) is 5.32 Å². The van der Waals surface area contributed by atoms with Crippen LogP contribution in [0.15, 0.2) is 0 Å². The van der Waals surface area contributed by atoms with Crippen molar-refractivity contribution >= 4 is 17.7 Å². The molecule has 2 aliphatic carbocycles. The zero-order valence-electron chi connectivity index (χ0n) is 13.2. The second kappa shape index (κ2) is 8.31. The monoisotopic (exact) mass is 297 g/mol. The van der Waals surface area contributed by atoms with Gasteiger partial charge in [0.2, 0.25) is 5.91 Å². The van der Waals surface area contributed by atoms with Crippen LogP contribution >= 0.6 is 11.8 Å². The molecule has 116 valence electrons. The Hall–Kier alpha value is -0.180. The molecule has 0 bridgehead atoms. The standard InChI is InChI=1S/C17H31NOS/c1-13(14-7-4-3-5-8-14)11-17(19)18-15-9-6-10-16(12-15)20-2/h13-16H,3-12H2,1-2H3,(H,18,19). The summed E-state index contributed by atoms with van der Waals surface area (Å²) in [6.45, 7) is 2.28. The molecular formula is C17H31NOS. The topological polar surface area (TPSA) is 29.1 Å². The summed E-state index contributed by atoms with van der Waals surface area (Å²) in [5.74, 6) is 1.66. The second-order valence-corrected chi connectivity index (χ2v) is 8.01. The average molecular weight is 298 g/mol. The summed E-state index contributed by atoms with van der Waals surface area (Å²) in [5.41, 5.74) is 0. The van der Waals surface area contributed by atoms with Gasteiger partial charge in [0.25, 0.3) is 0 Å². The molecule has 2 fully saturated rings. The first-order valence-electron chi connectivity index (χ1n) is 8.51. The molecule has 0 aromatic heterocycles. The van der Waals surface area contributed by atoms with E-state index in [2.05, 4.69) is 18.5 Å². The number of nitrogens with one attached hydrogen (secondary N) is 1. The molecule has 2 aliphatic rings. The van der Waals surface area contributed by atoms with E-state index in [0.717, 1.165) is 17.6 Å². The molecule has 2 rings (SSSR count). The largest absolute Gasteiger partial charge is 0.353 e. The highest BCUT2D eigenvalue weighted by atomic mass is 32.2. The van der Waals surface area contributed by atoms with Gasteiger partial charge in [-0.1, -0.05) is 45.4 Å². The highest BCUT2D eigenvalue weighted by Crippen LogP contribution is 2.32.